The summed E-state index contributed by atoms with van der Waals surface area (Å²) in [7, 11) is 1.90. The molecule has 0 amide bonds. The number of benzene rings is 1. The Morgan fingerprint density at radius 3 is 2.86 bits per heavy atom. The molecular weight excluding hydrogens is 264 g/mol. The van der Waals surface area contributed by atoms with E-state index in [0.29, 0.717) is 5.95 Å². The molecular formula is C15H14N6. The number of hydrogen-bond donors (Lipinski definition) is 1. The van der Waals surface area contributed by atoms with Crippen LogP contribution in [0.1, 0.15) is 5.69 Å². The van der Waals surface area contributed by atoms with E-state index in [1.165, 1.54) is 0 Å². The average Bonchev–Trinajstić information content (AvgIpc) is 2.96. The summed E-state index contributed by atoms with van der Waals surface area (Å²) in [4.78, 5) is 8.85. The molecule has 0 saturated heterocycles. The lowest BCUT2D eigenvalue weighted by Gasteiger charge is -2.10. The summed E-state index contributed by atoms with van der Waals surface area (Å²) in [5, 5.41) is 5.45. The monoisotopic (exact) mass is 278 g/mol. The van der Waals surface area contributed by atoms with Crippen LogP contribution in [0.4, 0.5) is 5.95 Å². The Morgan fingerprint density at radius 1 is 1.14 bits per heavy atom. The highest BCUT2D eigenvalue weighted by molar-refractivity contribution is 5.91. The molecule has 0 aliphatic rings. The molecule has 0 atom stereocenters. The van der Waals surface area contributed by atoms with Gasteiger partial charge in [-0.25, -0.2) is 9.67 Å². The number of nitrogens with two attached hydrogens (primary N) is 1. The first-order valence-corrected chi connectivity index (χ1v) is 6.68. The Hall–Kier alpha value is -2.89. The summed E-state index contributed by atoms with van der Waals surface area (Å²) < 4.78 is 3.74. The number of imidazole rings is 1. The van der Waals surface area contributed by atoms with Gasteiger partial charge in [-0.15, -0.1) is 0 Å². The maximum atomic E-state index is 6.15. The van der Waals surface area contributed by atoms with Gasteiger partial charge in [0.05, 0.1) is 16.9 Å². The molecule has 0 saturated carbocycles. The van der Waals surface area contributed by atoms with Crippen LogP contribution in [0.5, 0.6) is 0 Å². The molecule has 0 unspecified atom stereocenters. The van der Waals surface area contributed by atoms with E-state index in [1.54, 1.807) is 6.20 Å². The predicted molar refractivity (Wildman–Crippen MR) is 82.3 cm³/mol. The number of nitrogens with zero attached hydrogens (tertiary/aromatic N) is 5. The number of aromatic nitrogens is 5. The Morgan fingerprint density at radius 2 is 2.00 bits per heavy atom. The fourth-order valence-electron chi connectivity index (χ4n) is 2.81. The van der Waals surface area contributed by atoms with Gasteiger partial charge in [0.1, 0.15) is 5.52 Å². The molecule has 4 rings (SSSR count). The maximum absolute atomic E-state index is 6.15. The number of pyridine rings is 1. The van der Waals surface area contributed by atoms with Gasteiger partial charge in [-0.05, 0) is 31.2 Å². The minimum absolute atomic E-state index is 0.456. The second-order valence-corrected chi connectivity index (χ2v) is 5.03. The van der Waals surface area contributed by atoms with Crippen LogP contribution in [0, 0.1) is 6.92 Å². The van der Waals surface area contributed by atoms with E-state index in [2.05, 4.69) is 15.1 Å². The normalized spacial score (nSPS) is 11.5. The Labute approximate surface area is 120 Å². The van der Waals surface area contributed by atoms with E-state index in [1.807, 2.05) is 53.6 Å². The van der Waals surface area contributed by atoms with Crippen LogP contribution >= 0.6 is 0 Å². The topological polar surface area (TPSA) is 74.6 Å². The van der Waals surface area contributed by atoms with Crippen LogP contribution in [0.3, 0.4) is 0 Å². The second kappa shape index (κ2) is 4.05. The molecule has 6 heteroatoms. The zero-order valence-electron chi connectivity index (χ0n) is 11.8. The molecule has 0 radical (unpaired) electrons. The van der Waals surface area contributed by atoms with Gasteiger partial charge in [0.2, 0.25) is 5.95 Å². The molecule has 6 nitrogen and oxygen atoms in total. The summed E-state index contributed by atoms with van der Waals surface area (Å²) in [6.07, 6.45) is 1.78. The molecule has 0 bridgehead atoms. The van der Waals surface area contributed by atoms with Crippen molar-refractivity contribution in [2.45, 2.75) is 6.92 Å². The van der Waals surface area contributed by atoms with E-state index >= 15 is 0 Å². The largest absolute Gasteiger partial charge is 0.369 e. The number of rotatable bonds is 1. The molecule has 0 aliphatic heterocycles. The van der Waals surface area contributed by atoms with E-state index in [9.17, 15) is 0 Å². The van der Waals surface area contributed by atoms with Gasteiger partial charge in [-0.2, -0.15) is 5.10 Å². The number of hydrogen-bond acceptors (Lipinski definition) is 4. The summed E-state index contributed by atoms with van der Waals surface area (Å²) >= 11 is 0. The highest BCUT2D eigenvalue weighted by Crippen LogP contribution is 2.28. The second-order valence-electron chi connectivity index (χ2n) is 5.03. The summed E-state index contributed by atoms with van der Waals surface area (Å²) in [5.41, 5.74) is 10.6. The molecule has 0 aliphatic carbocycles. The number of fused-ring (bicyclic) bond motifs is 2. The Kier molecular flexibility index (Phi) is 2.29. The van der Waals surface area contributed by atoms with Crippen LogP contribution in [0.25, 0.3) is 27.8 Å². The third-order valence-corrected chi connectivity index (χ3v) is 3.69. The molecule has 0 fully saturated rings. The van der Waals surface area contributed by atoms with Crippen molar-refractivity contribution in [3.8, 4) is 5.69 Å². The smallest absolute Gasteiger partial charge is 0.207 e. The molecule has 1 aromatic carbocycles. The van der Waals surface area contributed by atoms with Gasteiger partial charge >= 0.3 is 0 Å². The Bertz CT molecular complexity index is 973. The number of anilines is 1. The van der Waals surface area contributed by atoms with Crippen LogP contribution < -0.4 is 5.73 Å². The predicted octanol–water partition coefficient (Wildman–Crippen LogP) is 2.20. The fourth-order valence-corrected chi connectivity index (χ4v) is 2.81. The summed E-state index contributed by atoms with van der Waals surface area (Å²) in [6, 6.07) is 9.93. The first-order chi connectivity index (χ1) is 10.2. The van der Waals surface area contributed by atoms with E-state index in [-0.39, 0.29) is 0 Å². The quantitative estimate of drug-likeness (QED) is 0.579. The zero-order chi connectivity index (χ0) is 14.6. The van der Waals surface area contributed by atoms with Crippen molar-refractivity contribution >= 4 is 28.0 Å². The van der Waals surface area contributed by atoms with Gasteiger partial charge in [0.15, 0.2) is 5.65 Å². The van der Waals surface area contributed by atoms with Crippen molar-refractivity contribution < 1.29 is 0 Å². The van der Waals surface area contributed by atoms with Gasteiger partial charge in [-0.1, -0.05) is 6.07 Å². The Balaban J connectivity index is 2.16. The molecule has 4 aromatic rings. The lowest BCUT2D eigenvalue weighted by molar-refractivity contribution is 0.763. The van der Waals surface area contributed by atoms with Crippen molar-refractivity contribution in [1.29, 1.82) is 0 Å². The summed E-state index contributed by atoms with van der Waals surface area (Å²) in [6.45, 7) is 1.93. The molecule has 3 aromatic heterocycles. The van der Waals surface area contributed by atoms with Crippen LogP contribution in [0.15, 0.2) is 36.5 Å². The molecule has 104 valence electrons. The van der Waals surface area contributed by atoms with Gasteiger partial charge in [-0.3, -0.25) is 9.55 Å². The standard InChI is InChI=1S/C15H14N6/c1-9-13-14(20(2)19-9)21(15(16)18-13)12-7-3-6-11-10(12)5-4-8-17-11/h3-8H,1-2H3,(H2,16,18). The first kappa shape index (κ1) is 11.9. The van der Waals surface area contributed by atoms with Crippen LogP contribution in [-0.2, 0) is 7.05 Å². The average molecular weight is 278 g/mol. The fraction of sp³-hybridized carbons (Fsp3) is 0.133. The molecule has 3 heterocycles. The minimum Gasteiger partial charge on any atom is -0.369 e. The van der Waals surface area contributed by atoms with E-state index < -0.39 is 0 Å². The lowest BCUT2D eigenvalue weighted by atomic mass is 10.2. The molecule has 0 spiro atoms. The highest BCUT2D eigenvalue weighted by Gasteiger charge is 2.18. The maximum Gasteiger partial charge on any atom is 0.207 e. The van der Waals surface area contributed by atoms with Crippen molar-refractivity contribution in [2.75, 3.05) is 5.73 Å². The summed E-state index contributed by atoms with van der Waals surface area (Å²) in [5.74, 6) is 0.456. The lowest BCUT2D eigenvalue weighted by Crippen LogP contribution is -2.05. The number of nitrogen functional groups attached to an aromatic ring is 1. The van der Waals surface area contributed by atoms with Gasteiger partial charge in [0.25, 0.3) is 0 Å². The van der Waals surface area contributed by atoms with Gasteiger partial charge < -0.3 is 5.73 Å². The SMILES string of the molecule is Cc1nn(C)c2c1nc(N)n2-c1cccc2ncccc12. The third-order valence-electron chi connectivity index (χ3n) is 3.69. The van der Waals surface area contributed by atoms with Gasteiger partial charge in [0, 0.05) is 18.6 Å². The van der Waals surface area contributed by atoms with E-state index in [0.717, 1.165) is 33.4 Å². The zero-order valence-corrected chi connectivity index (χ0v) is 11.8. The minimum atomic E-state index is 0.456. The van der Waals surface area contributed by atoms with Crippen LogP contribution in [-0.4, -0.2) is 24.3 Å². The van der Waals surface area contributed by atoms with E-state index in [4.69, 9.17) is 5.73 Å². The molecule has 2 N–H and O–H groups in total. The number of aryl methyl sites for hydroxylation is 2. The van der Waals surface area contributed by atoms with Crippen LogP contribution in [0.2, 0.25) is 0 Å². The first-order valence-electron chi connectivity index (χ1n) is 6.68. The van der Waals surface area contributed by atoms with Crippen molar-refractivity contribution in [2.24, 2.45) is 7.05 Å². The van der Waals surface area contributed by atoms with Crippen molar-refractivity contribution in [3.63, 3.8) is 0 Å². The highest BCUT2D eigenvalue weighted by atomic mass is 15.3. The van der Waals surface area contributed by atoms with Crippen molar-refractivity contribution in [1.82, 2.24) is 24.3 Å². The third kappa shape index (κ3) is 1.56. The van der Waals surface area contributed by atoms with Crippen molar-refractivity contribution in [3.05, 3.63) is 42.2 Å². The molecule has 21 heavy (non-hydrogen) atoms.